The van der Waals surface area contributed by atoms with E-state index in [1.54, 1.807) is 12.1 Å². The van der Waals surface area contributed by atoms with Crippen LogP contribution in [0.1, 0.15) is 95.0 Å². The number of aromatic hydroxyl groups is 1. The van der Waals surface area contributed by atoms with Crippen molar-refractivity contribution in [3.63, 3.8) is 0 Å². The molecule has 0 aliphatic carbocycles. The van der Waals surface area contributed by atoms with Gasteiger partial charge in [0.2, 0.25) is 0 Å². The van der Waals surface area contributed by atoms with Gasteiger partial charge in [0.05, 0.1) is 13.1 Å². The molecule has 0 saturated carbocycles. The molecule has 2 aliphatic heterocycles. The largest absolute Gasteiger partial charge is 0.632 e. The Balaban J connectivity index is 1.35. The van der Waals surface area contributed by atoms with E-state index in [0.717, 1.165) is 16.7 Å². The molecular formula is C39H52N4O5. The zero-order valence-corrected chi connectivity index (χ0v) is 29.6. The highest BCUT2D eigenvalue weighted by molar-refractivity contribution is 5.95. The van der Waals surface area contributed by atoms with Crippen molar-refractivity contribution < 1.29 is 24.0 Å². The molecule has 258 valence electrons. The predicted molar refractivity (Wildman–Crippen MR) is 191 cm³/mol. The maximum atomic E-state index is 14.4. The first-order chi connectivity index (χ1) is 22.4. The number of likely N-dealkylation sites (tertiary alicyclic amines) is 2. The number of hydroxylamine groups is 6. The van der Waals surface area contributed by atoms with Crippen LogP contribution in [0, 0.1) is 17.3 Å². The standard InChI is InChI=1S/C39H52N4O5/c1-26-22-27(24-42(47)20-12-18-33(42)36(45)40-31-16-10-8-14-29(31)38(2,3)4)35(44)28(23-26)25-43(48)21-13-19-34(43)37(46)41-32-17-11-9-15-30(32)39(5,6)7/h8-11,14-17,22-23,33-34,44H,12-13,18-21,24-25H2,1-7H3,(H,40,45)(H,41,46)/t33-,34-,42+,43+/m0/s1. The fourth-order valence-electron chi connectivity index (χ4n) is 7.63. The number of benzene rings is 3. The highest BCUT2D eigenvalue weighted by Gasteiger charge is 2.43. The second kappa shape index (κ2) is 13.3. The van der Waals surface area contributed by atoms with Gasteiger partial charge < -0.3 is 35.4 Å². The molecule has 2 fully saturated rings. The van der Waals surface area contributed by atoms with Crippen LogP contribution in [0.2, 0.25) is 0 Å². The van der Waals surface area contributed by atoms with Gasteiger partial charge in [0.1, 0.15) is 18.8 Å². The Labute approximate surface area is 285 Å². The van der Waals surface area contributed by atoms with Crippen LogP contribution in [0.25, 0.3) is 0 Å². The van der Waals surface area contributed by atoms with Crippen LogP contribution < -0.4 is 10.6 Å². The first kappa shape index (κ1) is 35.5. The molecule has 2 saturated heterocycles. The number of carbonyl (C=O) groups excluding carboxylic acids is 2. The molecule has 9 nitrogen and oxygen atoms in total. The zero-order valence-electron chi connectivity index (χ0n) is 29.6. The summed E-state index contributed by atoms with van der Waals surface area (Å²) in [7, 11) is 0. The molecule has 2 aliphatic rings. The number of carbonyl (C=O) groups is 2. The van der Waals surface area contributed by atoms with Gasteiger partial charge in [-0.05, 0) is 58.7 Å². The number of phenols is 1. The molecule has 2 heterocycles. The average Bonchev–Trinajstić information content (AvgIpc) is 3.57. The Morgan fingerprint density at radius 1 is 0.729 bits per heavy atom. The molecule has 3 aromatic rings. The van der Waals surface area contributed by atoms with Crippen molar-refractivity contribution in [1.29, 1.82) is 0 Å². The quantitative estimate of drug-likeness (QED) is 0.171. The molecule has 0 aromatic heterocycles. The third-order valence-corrected chi connectivity index (χ3v) is 10.0. The predicted octanol–water partition coefficient (Wildman–Crippen LogP) is 7.53. The van der Waals surface area contributed by atoms with E-state index >= 15 is 0 Å². The number of amides is 2. The van der Waals surface area contributed by atoms with Gasteiger partial charge in [0.25, 0.3) is 11.8 Å². The fraction of sp³-hybridized carbons (Fsp3) is 0.487. The van der Waals surface area contributed by atoms with Gasteiger partial charge in [-0.3, -0.25) is 9.59 Å². The first-order valence-electron chi connectivity index (χ1n) is 17.2. The van der Waals surface area contributed by atoms with Gasteiger partial charge in [-0.1, -0.05) is 77.9 Å². The van der Waals surface area contributed by atoms with Gasteiger partial charge in [-0.25, -0.2) is 0 Å². The Morgan fingerprint density at radius 2 is 1.10 bits per heavy atom. The number of nitrogens with zero attached hydrogens (tertiary/aromatic N) is 2. The summed E-state index contributed by atoms with van der Waals surface area (Å²) in [5, 5.41) is 46.3. The number of para-hydroxylation sites is 2. The van der Waals surface area contributed by atoms with E-state index in [1.807, 2.05) is 55.5 Å². The molecule has 3 aromatic carbocycles. The van der Waals surface area contributed by atoms with Crippen molar-refractivity contribution in [2.45, 2.75) is 110 Å². The van der Waals surface area contributed by atoms with Crippen LogP contribution in [0.3, 0.4) is 0 Å². The summed E-state index contributed by atoms with van der Waals surface area (Å²) in [6.45, 7) is 14.7. The van der Waals surface area contributed by atoms with Crippen LogP contribution >= 0.6 is 0 Å². The molecule has 5 rings (SSSR count). The molecule has 2 amide bonds. The molecule has 48 heavy (non-hydrogen) atoms. The molecule has 0 bridgehead atoms. The number of hydrogen-bond acceptors (Lipinski definition) is 5. The summed E-state index contributed by atoms with van der Waals surface area (Å²) in [6.07, 6.45) is 2.08. The van der Waals surface area contributed by atoms with Crippen molar-refractivity contribution in [2.24, 2.45) is 0 Å². The Kier molecular flexibility index (Phi) is 9.83. The zero-order chi connectivity index (χ0) is 35.1. The minimum atomic E-state index is -0.832. The second-order valence-electron chi connectivity index (χ2n) is 16.0. The lowest BCUT2D eigenvalue weighted by Gasteiger charge is -2.44. The van der Waals surface area contributed by atoms with Gasteiger partial charge in [-0.15, -0.1) is 0 Å². The van der Waals surface area contributed by atoms with Gasteiger partial charge in [0, 0.05) is 48.2 Å². The highest BCUT2D eigenvalue weighted by atomic mass is 16.6. The third-order valence-electron chi connectivity index (χ3n) is 10.0. The summed E-state index contributed by atoms with van der Waals surface area (Å²) in [6, 6.07) is 17.2. The van der Waals surface area contributed by atoms with Crippen LogP contribution in [0.15, 0.2) is 60.7 Å². The third kappa shape index (κ3) is 7.44. The Morgan fingerprint density at radius 3 is 1.48 bits per heavy atom. The smallest absolute Gasteiger partial charge is 0.283 e. The topological polar surface area (TPSA) is 125 Å². The highest BCUT2D eigenvalue weighted by Crippen LogP contribution is 2.38. The number of hydrogen-bond donors (Lipinski definition) is 3. The van der Waals surface area contributed by atoms with Crippen LogP contribution in [0.4, 0.5) is 11.4 Å². The van der Waals surface area contributed by atoms with E-state index in [0.29, 0.717) is 48.2 Å². The maximum absolute atomic E-state index is 14.4. The summed E-state index contributed by atoms with van der Waals surface area (Å²) in [4.78, 5) is 27.3. The number of anilines is 2. The average molecular weight is 657 g/mol. The van der Waals surface area contributed by atoms with E-state index in [9.17, 15) is 25.1 Å². The van der Waals surface area contributed by atoms with Crippen LogP contribution in [0.5, 0.6) is 5.75 Å². The molecule has 9 heteroatoms. The number of aryl methyl sites for hydroxylation is 1. The fourth-order valence-corrected chi connectivity index (χ4v) is 7.63. The van der Waals surface area contributed by atoms with Crippen LogP contribution in [-0.2, 0) is 33.5 Å². The summed E-state index contributed by atoms with van der Waals surface area (Å²) in [5.41, 5.74) is 4.62. The molecule has 0 unspecified atom stereocenters. The lowest BCUT2D eigenvalue weighted by atomic mass is 9.85. The number of phenolic OH excluding ortho intramolecular Hbond substituents is 1. The second-order valence-corrected chi connectivity index (χ2v) is 16.0. The van der Waals surface area contributed by atoms with Crippen molar-refractivity contribution in [2.75, 3.05) is 23.7 Å². The summed E-state index contributed by atoms with van der Waals surface area (Å²) >= 11 is 0. The number of quaternary nitrogens is 2. The van der Waals surface area contributed by atoms with Crippen molar-refractivity contribution in [1.82, 2.24) is 0 Å². The molecule has 0 spiro atoms. The molecule has 4 atom stereocenters. The lowest BCUT2D eigenvalue weighted by Crippen LogP contribution is -2.52. The SMILES string of the molecule is Cc1cc(C[N@+]2([O-])CCC[C@H]2C(=O)Nc2ccccc2C(C)(C)C)c(O)c(C[N@+]2([O-])CCC[C@H]2C(=O)Nc2ccccc2C(C)(C)C)c1. The van der Waals surface area contributed by atoms with Crippen molar-refractivity contribution in [3.8, 4) is 5.75 Å². The number of rotatable bonds is 8. The lowest BCUT2D eigenvalue weighted by molar-refractivity contribution is -0.897. The molecule has 0 radical (unpaired) electrons. The van der Waals surface area contributed by atoms with E-state index in [4.69, 9.17) is 0 Å². The summed E-state index contributed by atoms with van der Waals surface area (Å²) in [5.74, 6) is -0.750. The monoisotopic (exact) mass is 656 g/mol. The summed E-state index contributed by atoms with van der Waals surface area (Å²) < 4.78 is -1.56. The maximum Gasteiger partial charge on any atom is 0.283 e. The molecular weight excluding hydrogens is 604 g/mol. The number of nitrogens with one attached hydrogen (secondary N) is 2. The van der Waals surface area contributed by atoms with E-state index in [1.165, 1.54) is 0 Å². The van der Waals surface area contributed by atoms with Crippen molar-refractivity contribution in [3.05, 3.63) is 98.9 Å². The van der Waals surface area contributed by atoms with E-state index < -0.39 is 21.4 Å². The van der Waals surface area contributed by atoms with Crippen molar-refractivity contribution >= 4 is 23.2 Å². The Bertz CT molecular complexity index is 1560. The molecule has 3 N–H and O–H groups in total. The van der Waals surface area contributed by atoms with Crippen LogP contribution in [-0.4, -0.2) is 51.4 Å². The first-order valence-corrected chi connectivity index (χ1v) is 17.2. The van der Waals surface area contributed by atoms with E-state index in [-0.39, 0.29) is 54.6 Å². The minimum Gasteiger partial charge on any atom is -0.632 e. The van der Waals surface area contributed by atoms with Gasteiger partial charge >= 0.3 is 0 Å². The van der Waals surface area contributed by atoms with E-state index in [2.05, 4.69) is 52.2 Å². The minimum absolute atomic E-state index is 0.0914. The normalized spacial score (nSPS) is 24.4. The van der Waals surface area contributed by atoms with Gasteiger partial charge in [-0.2, -0.15) is 0 Å². The Hall–Kier alpha value is -3.76. The van der Waals surface area contributed by atoms with Gasteiger partial charge in [0.15, 0.2) is 12.1 Å².